The molecule has 0 unspecified atom stereocenters. The number of nitrogens with one attached hydrogen (secondary N) is 2. The Bertz CT molecular complexity index is 843. The lowest BCUT2D eigenvalue weighted by atomic mass is 10.1. The molecule has 2 heterocycles. The second kappa shape index (κ2) is 6.98. The molecule has 0 saturated carbocycles. The van der Waals surface area contributed by atoms with E-state index < -0.39 is 0 Å². The van der Waals surface area contributed by atoms with E-state index in [0.29, 0.717) is 36.0 Å². The number of hydrogen-bond donors (Lipinski definition) is 4. The Hall–Kier alpha value is -2.81. The lowest BCUT2D eigenvalue weighted by molar-refractivity contribution is 0.156. The summed E-state index contributed by atoms with van der Waals surface area (Å²) in [6, 6.07) is 0. The SMILES string of the molecule is CCNc1c(N=C2C=C(OCCO)C(=N)C=C2N)c(=O)n2n1CCC2. The fourth-order valence-corrected chi connectivity index (χ4v) is 2.92. The molecule has 9 heteroatoms. The Labute approximate surface area is 144 Å². The summed E-state index contributed by atoms with van der Waals surface area (Å²) in [5.74, 6) is 0.941. The summed E-state index contributed by atoms with van der Waals surface area (Å²) in [7, 11) is 0. The molecule has 0 fully saturated rings. The van der Waals surface area contributed by atoms with Crippen molar-refractivity contribution in [3.63, 3.8) is 0 Å². The Morgan fingerprint density at radius 1 is 1.40 bits per heavy atom. The molecule has 5 N–H and O–H groups in total. The number of nitrogens with zero attached hydrogens (tertiary/aromatic N) is 3. The highest BCUT2D eigenvalue weighted by atomic mass is 16.5. The number of hydrogen-bond acceptors (Lipinski definition) is 7. The number of rotatable bonds is 6. The van der Waals surface area contributed by atoms with Crippen molar-refractivity contribution in [1.29, 1.82) is 5.41 Å². The van der Waals surface area contributed by atoms with Gasteiger partial charge in [-0.05, 0) is 19.4 Å². The quantitative estimate of drug-likeness (QED) is 0.551. The average molecular weight is 346 g/mol. The van der Waals surface area contributed by atoms with E-state index in [9.17, 15) is 4.79 Å². The molecule has 3 rings (SSSR count). The third-order valence-electron chi connectivity index (χ3n) is 4.00. The zero-order valence-electron chi connectivity index (χ0n) is 14.1. The zero-order valence-corrected chi connectivity index (χ0v) is 14.1. The van der Waals surface area contributed by atoms with Crippen molar-refractivity contribution in [3.8, 4) is 0 Å². The first-order valence-electron chi connectivity index (χ1n) is 8.24. The Morgan fingerprint density at radius 2 is 2.16 bits per heavy atom. The summed E-state index contributed by atoms with van der Waals surface area (Å²) in [6.07, 6.45) is 3.87. The van der Waals surface area contributed by atoms with Gasteiger partial charge in [0.15, 0.2) is 11.5 Å². The summed E-state index contributed by atoms with van der Waals surface area (Å²) in [5, 5.41) is 20.0. The van der Waals surface area contributed by atoms with E-state index >= 15 is 0 Å². The third-order valence-corrected chi connectivity index (χ3v) is 4.00. The molecule has 1 aromatic heterocycles. The summed E-state index contributed by atoms with van der Waals surface area (Å²) in [4.78, 5) is 17.1. The predicted octanol–water partition coefficient (Wildman–Crippen LogP) is 0.327. The van der Waals surface area contributed by atoms with Crippen LogP contribution in [0.25, 0.3) is 0 Å². The molecule has 134 valence electrons. The van der Waals surface area contributed by atoms with Gasteiger partial charge in [-0.1, -0.05) is 0 Å². The Kier molecular flexibility index (Phi) is 4.75. The second-order valence-electron chi connectivity index (χ2n) is 5.72. The van der Waals surface area contributed by atoms with Gasteiger partial charge in [0.05, 0.1) is 23.7 Å². The van der Waals surface area contributed by atoms with Crippen LogP contribution in [0.3, 0.4) is 0 Å². The monoisotopic (exact) mass is 346 g/mol. The number of anilines is 1. The van der Waals surface area contributed by atoms with E-state index in [1.54, 1.807) is 4.68 Å². The van der Waals surface area contributed by atoms with Crippen molar-refractivity contribution in [2.45, 2.75) is 26.4 Å². The molecule has 1 aliphatic heterocycles. The van der Waals surface area contributed by atoms with Crippen molar-refractivity contribution in [1.82, 2.24) is 9.36 Å². The van der Waals surface area contributed by atoms with E-state index in [4.69, 9.17) is 21.0 Å². The predicted molar refractivity (Wildman–Crippen MR) is 95.7 cm³/mol. The molecular formula is C16H22N6O3. The van der Waals surface area contributed by atoms with E-state index in [2.05, 4.69) is 10.3 Å². The molecule has 0 aromatic carbocycles. The Balaban J connectivity index is 2.05. The van der Waals surface area contributed by atoms with Gasteiger partial charge in [-0.2, -0.15) is 0 Å². The fraction of sp³-hybridized carbons (Fsp3) is 0.438. The first kappa shape index (κ1) is 17.0. The first-order valence-corrected chi connectivity index (χ1v) is 8.24. The van der Waals surface area contributed by atoms with Gasteiger partial charge >= 0.3 is 0 Å². The summed E-state index contributed by atoms with van der Waals surface area (Å²) < 4.78 is 8.91. The number of aromatic nitrogens is 2. The van der Waals surface area contributed by atoms with Gasteiger partial charge < -0.3 is 20.9 Å². The van der Waals surface area contributed by atoms with Gasteiger partial charge in [0.1, 0.15) is 12.4 Å². The number of aliphatic imine (C=N–C) groups is 1. The largest absolute Gasteiger partial charge is 0.489 e. The van der Waals surface area contributed by atoms with Crippen LogP contribution < -0.4 is 16.6 Å². The summed E-state index contributed by atoms with van der Waals surface area (Å²) >= 11 is 0. The van der Waals surface area contributed by atoms with Gasteiger partial charge in [-0.3, -0.25) is 14.9 Å². The number of nitrogens with two attached hydrogens (primary N) is 1. The normalized spacial score (nSPS) is 18.2. The summed E-state index contributed by atoms with van der Waals surface area (Å²) in [5.41, 5.74) is 6.88. The van der Waals surface area contributed by atoms with Crippen LogP contribution in [0.1, 0.15) is 13.3 Å². The van der Waals surface area contributed by atoms with Crippen LogP contribution in [0.15, 0.2) is 33.4 Å². The number of aliphatic hydroxyl groups is 1. The van der Waals surface area contributed by atoms with Gasteiger partial charge in [-0.25, -0.2) is 9.67 Å². The van der Waals surface area contributed by atoms with Crippen molar-refractivity contribution in [2.24, 2.45) is 10.7 Å². The standard InChI is InChI=1S/C16H22N6O3/c1-2-19-15-14(16(24)22-5-3-4-21(15)22)20-12-9-13(25-7-6-23)11(18)8-10(12)17/h8-9,18-19,23H,2-7,17H2,1H3. The molecule has 0 amide bonds. The minimum atomic E-state index is -0.166. The number of ether oxygens (including phenoxy) is 1. The topological polar surface area (TPSA) is 131 Å². The maximum Gasteiger partial charge on any atom is 0.294 e. The molecule has 1 aliphatic carbocycles. The first-order chi connectivity index (χ1) is 12.1. The van der Waals surface area contributed by atoms with Crippen LogP contribution in [-0.4, -0.2) is 45.7 Å². The van der Waals surface area contributed by atoms with Crippen molar-refractivity contribution < 1.29 is 9.84 Å². The molecule has 2 aliphatic rings. The van der Waals surface area contributed by atoms with E-state index in [-0.39, 0.29) is 30.2 Å². The van der Waals surface area contributed by atoms with Crippen molar-refractivity contribution in [2.75, 3.05) is 25.1 Å². The van der Waals surface area contributed by atoms with E-state index in [1.165, 1.54) is 12.2 Å². The molecule has 0 spiro atoms. The lowest BCUT2D eigenvalue weighted by Crippen LogP contribution is -2.21. The zero-order chi connectivity index (χ0) is 18.0. The molecule has 0 saturated heterocycles. The van der Waals surface area contributed by atoms with Crippen LogP contribution in [-0.2, 0) is 17.8 Å². The maximum atomic E-state index is 12.7. The molecule has 0 bridgehead atoms. The minimum Gasteiger partial charge on any atom is -0.489 e. The molecule has 9 nitrogen and oxygen atoms in total. The van der Waals surface area contributed by atoms with Crippen molar-refractivity contribution >= 4 is 22.9 Å². The van der Waals surface area contributed by atoms with Gasteiger partial charge in [0.25, 0.3) is 5.56 Å². The number of allylic oxidation sites excluding steroid dienone is 2. The molecule has 0 radical (unpaired) electrons. The van der Waals surface area contributed by atoms with Gasteiger partial charge in [0.2, 0.25) is 0 Å². The van der Waals surface area contributed by atoms with E-state index in [0.717, 1.165) is 13.0 Å². The number of aliphatic hydroxyl groups excluding tert-OH is 1. The van der Waals surface area contributed by atoms with Crippen LogP contribution in [0.4, 0.5) is 11.5 Å². The maximum absolute atomic E-state index is 12.7. The third kappa shape index (κ3) is 3.10. The number of fused-ring (bicyclic) bond motifs is 1. The Morgan fingerprint density at radius 3 is 2.88 bits per heavy atom. The molecule has 25 heavy (non-hydrogen) atoms. The smallest absolute Gasteiger partial charge is 0.294 e. The van der Waals surface area contributed by atoms with Crippen LogP contribution in [0.2, 0.25) is 0 Å². The highest BCUT2D eigenvalue weighted by Crippen LogP contribution is 2.26. The van der Waals surface area contributed by atoms with Crippen LogP contribution in [0.5, 0.6) is 0 Å². The fourth-order valence-electron chi connectivity index (χ4n) is 2.92. The molecular weight excluding hydrogens is 324 g/mol. The van der Waals surface area contributed by atoms with Crippen LogP contribution in [0, 0.1) is 5.41 Å². The molecule has 0 atom stereocenters. The highest BCUT2D eigenvalue weighted by Gasteiger charge is 2.24. The highest BCUT2D eigenvalue weighted by molar-refractivity contribution is 6.22. The van der Waals surface area contributed by atoms with Crippen molar-refractivity contribution in [3.05, 3.63) is 34.0 Å². The second-order valence-corrected chi connectivity index (χ2v) is 5.72. The summed E-state index contributed by atoms with van der Waals surface area (Å²) in [6.45, 7) is 3.96. The van der Waals surface area contributed by atoms with Crippen LogP contribution >= 0.6 is 0 Å². The average Bonchev–Trinajstić information content (AvgIpc) is 3.15. The van der Waals surface area contributed by atoms with Gasteiger partial charge in [-0.15, -0.1) is 0 Å². The molecule has 1 aromatic rings. The minimum absolute atomic E-state index is 0.0705. The lowest BCUT2D eigenvalue weighted by Gasteiger charge is -2.15. The van der Waals surface area contributed by atoms with Gasteiger partial charge in [0, 0.05) is 25.7 Å². The van der Waals surface area contributed by atoms with E-state index in [1.807, 2.05) is 11.6 Å².